The third-order valence-corrected chi connectivity index (χ3v) is 5.48. The Hall–Kier alpha value is -1.93. The summed E-state index contributed by atoms with van der Waals surface area (Å²) in [4.78, 5) is 13.3. The van der Waals surface area contributed by atoms with Crippen molar-refractivity contribution >= 4 is 17.7 Å². The molecule has 0 aromatic heterocycles. The molecule has 2 unspecified atom stereocenters. The van der Waals surface area contributed by atoms with Gasteiger partial charge >= 0.3 is 5.97 Å². The third-order valence-electron chi connectivity index (χ3n) is 4.20. The molecule has 0 saturated heterocycles. The molecule has 1 aliphatic heterocycles. The van der Waals surface area contributed by atoms with Crippen molar-refractivity contribution in [1.29, 1.82) is 0 Å². The third kappa shape index (κ3) is 5.77. The quantitative estimate of drug-likeness (QED) is 0.671. The highest BCUT2D eigenvalue weighted by molar-refractivity contribution is 8.00. The summed E-state index contributed by atoms with van der Waals surface area (Å²) >= 11 is 1.13. The van der Waals surface area contributed by atoms with Crippen LogP contribution in [0.15, 0.2) is 48.2 Å². The monoisotopic (exact) mass is 401 g/mol. The van der Waals surface area contributed by atoms with Crippen molar-refractivity contribution in [3.05, 3.63) is 59.6 Å². The number of rotatable bonds is 9. The van der Waals surface area contributed by atoms with Crippen molar-refractivity contribution in [3.8, 4) is 0 Å². The molecule has 1 aromatic rings. The van der Waals surface area contributed by atoms with Crippen molar-refractivity contribution in [2.45, 2.75) is 30.7 Å². The number of alkyl halides is 2. The number of ether oxygens (including phenoxy) is 1. The average molecular weight is 401 g/mol. The second-order valence-corrected chi connectivity index (χ2v) is 7.38. The van der Waals surface area contributed by atoms with Crippen LogP contribution < -0.4 is 0 Å². The molecular weight excluding hydrogens is 379 g/mol. The number of thioether (sulfide) groups is 1. The number of nitrogens with zero attached hydrogens (tertiary/aromatic N) is 1. The predicted molar refractivity (Wildman–Crippen MR) is 99.2 cm³/mol. The van der Waals surface area contributed by atoms with Crippen LogP contribution in [-0.4, -0.2) is 46.9 Å². The maximum absolute atomic E-state index is 14.3. The minimum absolute atomic E-state index is 0.0331. The summed E-state index contributed by atoms with van der Waals surface area (Å²) in [5.41, 5.74) is -0.122. The zero-order chi connectivity index (χ0) is 20.0. The Kier molecular flexibility index (Phi) is 7.38. The van der Waals surface area contributed by atoms with Crippen LogP contribution >= 0.6 is 11.8 Å². The predicted octanol–water partition coefficient (Wildman–Crippen LogP) is 4.24. The summed E-state index contributed by atoms with van der Waals surface area (Å²) in [6, 6.07) is 4.14. The van der Waals surface area contributed by atoms with Crippen LogP contribution in [0.25, 0.3) is 0 Å². The highest BCUT2D eigenvalue weighted by atomic mass is 32.2. The number of carbonyl (C=O) groups is 1. The fourth-order valence-corrected chi connectivity index (χ4v) is 3.93. The molecule has 1 heterocycles. The highest BCUT2D eigenvalue weighted by Crippen LogP contribution is 2.35. The molecule has 0 spiro atoms. The average Bonchev–Trinajstić information content (AvgIpc) is 2.62. The zero-order valence-corrected chi connectivity index (χ0v) is 15.9. The number of aliphatic carboxylic acids is 1. The lowest BCUT2D eigenvalue weighted by Crippen LogP contribution is -2.39. The van der Waals surface area contributed by atoms with E-state index in [1.54, 1.807) is 24.3 Å². The van der Waals surface area contributed by atoms with Gasteiger partial charge in [-0.2, -0.15) is 0 Å². The Morgan fingerprint density at radius 3 is 2.63 bits per heavy atom. The SMILES string of the molecule is COC(C)CN1C=CC=C(C(=O)O)C1SCCC(F)(F)c1ccc(F)cc1. The van der Waals surface area contributed by atoms with Gasteiger partial charge in [0.25, 0.3) is 5.92 Å². The van der Waals surface area contributed by atoms with E-state index in [1.165, 1.54) is 6.08 Å². The van der Waals surface area contributed by atoms with Crippen molar-refractivity contribution in [2.75, 3.05) is 19.4 Å². The summed E-state index contributed by atoms with van der Waals surface area (Å²) in [5.74, 6) is -4.75. The molecule has 0 amide bonds. The first-order valence-corrected chi connectivity index (χ1v) is 9.45. The van der Waals surface area contributed by atoms with Gasteiger partial charge in [-0.15, -0.1) is 11.8 Å². The van der Waals surface area contributed by atoms with Crippen LogP contribution in [0, 0.1) is 5.82 Å². The van der Waals surface area contributed by atoms with Gasteiger partial charge < -0.3 is 14.7 Å². The minimum atomic E-state index is -3.12. The van der Waals surface area contributed by atoms with Crippen molar-refractivity contribution in [3.63, 3.8) is 0 Å². The van der Waals surface area contributed by atoms with E-state index in [2.05, 4.69) is 0 Å². The van der Waals surface area contributed by atoms with E-state index in [0.29, 0.717) is 6.54 Å². The first-order chi connectivity index (χ1) is 12.7. The highest BCUT2D eigenvalue weighted by Gasteiger charge is 2.33. The molecule has 2 rings (SSSR count). The molecule has 0 saturated carbocycles. The maximum atomic E-state index is 14.3. The van der Waals surface area contributed by atoms with E-state index in [1.807, 2.05) is 6.92 Å². The van der Waals surface area contributed by atoms with E-state index in [-0.39, 0.29) is 23.0 Å². The number of allylic oxidation sites excluding steroid dienone is 2. The molecule has 0 radical (unpaired) electrons. The summed E-state index contributed by atoms with van der Waals surface area (Å²) < 4.78 is 46.8. The second kappa shape index (κ2) is 9.32. The van der Waals surface area contributed by atoms with Crippen LogP contribution in [0.2, 0.25) is 0 Å². The lowest BCUT2D eigenvalue weighted by Gasteiger charge is -2.34. The van der Waals surface area contributed by atoms with Gasteiger partial charge in [-0.25, -0.2) is 18.0 Å². The van der Waals surface area contributed by atoms with Gasteiger partial charge in [0.1, 0.15) is 11.2 Å². The zero-order valence-electron chi connectivity index (χ0n) is 15.1. The van der Waals surface area contributed by atoms with Gasteiger partial charge in [0.15, 0.2) is 0 Å². The molecule has 0 bridgehead atoms. The van der Waals surface area contributed by atoms with Gasteiger partial charge in [0, 0.05) is 37.6 Å². The second-order valence-electron chi connectivity index (χ2n) is 6.20. The molecule has 1 aromatic carbocycles. The molecule has 27 heavy (non-hydrogen) atoms. The number of halogens is 3. The molecule has 1 aliphatic rings. The Bertz CT molecular complexity index is 707. The molecule has 0 fully saturated rings. The van der Waals surface area contributed by atoms with Crippen LogP contribution in [0.4, 0.5) is 13.2 Å². The van der Waals surface area contributed by atoms with E-state index < -0.39 is 29.5 Å². The molecule has 148 valence electrons. The smallest absolute Gasteiger partial charge is 0.334 e. The maximum Gasteiger partial charge on any atom is 0.334 e. The Morgan fingerprint density at radius 1 is 1.37 bits per heavy atom. The molecule has 0 aliphatic carbocycles. The van der Waals surface area contributed by atoms with E-state index in [4.69, 9.17) is 4.74 Å². The summed E-state index contributed by atoms with van der Waals surface area (Å²) in [6.07, 6.45) is 4.20. The van der Waals surface area contributed by atoms with E-state index in [0.717, 1.165) is 36.0 Å². The number of hydrogen-bond acceptors (Lipinski definition) is 4. The van der Waals surface area contributed by atoms with Crippen LogP contribution in [-0.2, 0) is 15.5 Å². The van der Waals surface area contributed by atoms with Crippen LogP contribution in [0.3, 0.4) is 0 Å². The lowest BCUT2D eigenvalue weighted by atomic mass is 10.1. The Labute approximate surface area is 160 Å². The Balaban J connectivity index is 2.05. The number of methoxy groups -OCH3 is 1. The first-order valence-electron chi connectivity index (χ1n) is 8.40. The van der Waals surface area contributed by atoms with Crippen molar-refractivity contribution in [1.82, 2.24) is 4.90 Å². The number of hydrogen-bond donors (Lipinski definition) is 1. The number of carboxylic acids is 1. The normalized spacial score (nSPS) is 18.3. The molecule has 2 atom stereocenters. The fourth-order valence-electron chi connectivity index (χ4n) is 2.62. The van der Waals surface area contributed by atoms with Crippen molar-refractivity contribution in [2.24, 2.45) is 0 Å². The van der Waals surface area contributed by atoms with Crippen LogP contribution in [0.5, 0.6) is 0 Å². The lowest BCUT2D eigenvalue weighted by molar-refractivity contribution is -0.133. The largest absolute Gasteiger partial charge is 0.478 e. The van der Waals surface area contributed by atoms with E-state index >= 15 is 0 Å². The first kappa shape index (κ1) is 21.4. The Morgan fingerprint density at radius 2 is 2.04 bits per heavy atom. The number of carboxylic acid groups (broad SMARTS) is 1. The molecule has 1 N–H and O–H groups in total. The fraction of sp³-hybridized carbons (Fsp3) is 0.421. The van der Waals surface area contributed by atoms with Gasteiger partial charge in [-0.05, 0) is 31.2 Å². The van der Waals surface area contributed by atoms with Gasteiger partial charge in [-0.1, -0.05) is 12.1 Å². The van der Waals surface area contributed by atoms with Gasteiger partial charge in [0.2, 0.25) is 0 Å². The summed E-state index contributed by atoms with van der Waals surface area (Å²) in [7, 11) is 1.55. The van der Waals surface area contributed by atoms with Crippen LogP contribution in [0.1, 0.15) is 18.9 Å². The van der Waals surface area contributed by atoms with Crippen molar-refractivity contribution < 1.29 is 27.8 Å². The summed E-state index contributed by atoms with van der Waals surface area (Å²) in [6.45, 7) is 2.28. The van der Waals surface area contributed by atoms with Gasteiger partial charge in [-0.3, -0.25) is 0 Å². The molecular formula is C19H22F3NO3S. The topological polar surface area (TPSA) is 49.8 Å². The number of benzene rings is 1. The molecule has 4 nitrogen and oxygen atoms in total. The van der Waals surface area contributed by atoms with E-state index in [9.17, 15) is 23.1 Å². The molecule has 8 heteroatoms. The van der Waals surface area contributed by atoms with Gasteiger partial charge in [0.05, 0.1) is 11.7 Å². The summed E-state index contributed by atoms with van der Waals surface area (Å²) in [5, 5.41) is 8.84. The minimum Gasteiger partial charge on any atom is -0.478 e. The standard InChI is InChI=1S/C19H22F3NO3S/c1-13(26-2)12-23-10-3-4-16(18(24)25)17(23)27-11-9-19(21,22)14-5-7-15(20)8-6-14/h3-8,10,13,17H,9,11-12H2,1-2H3,(H,24,25).